The van der Waals surface area contributed by atoms with Crippen LogP contribution in [-0.2, 0) is 16.4 Å². The van der Waals surface area contributed by atoms with Crippen LogP contribution in [0.1, 0.15) is 46.1 Å². The highest BCUT2D eigenvalue weighted by Crippen LogP contribution is 2.32. The van der Waals surface area contributed by atoms with Gasteiger partial charge in [-0.05, 0) is 61.2 Å². The number of hydrogen-bond acceptors (Lipinski definition) is 6. The summed E-state index contributed by atoms with van der Waals surface area (Å²) in [5.41, 5.74) is 1.71. The van der Waals surface area contributed by atoms with Crippen molar-refractivity contribution in [2.45, 2.75) is 37.0 Å². The molecule has 10 heteroatoms. The van der Waals surface area contributed by atoms with E-state index in [0.29, 0.717) is 33.7 Å². The molecule has 1 fully saturated rings. The molecule has 2 heterocycles. The molecule has 32 heavy (non-hydrogen) atoms. The van der Waals surface area contributed by atoms with Gasteiger partial charge in [0.1, 0.15) is 5.01 Å². The van der Waals surface area contributed by atoms with Crippen LogP contribution in [0.25, 0.3) is 0 Å². The lowest BCUT2D eigenvalue weighted by molar-refractivity contribution is 0.102. The Morgan fingerprint density at radius 3 is 2.56 bits per heavy atom. The number of hydrogen-bond donors (Lipinski definition) is 1. The summed E-state index contributed by atoms with van der Waals surface area (Å²) in [5.74, 6) is -0.449. The number of piperidine rings is 1. The van der Waals surface area contributed by atoms with Crippen molar-refractivity contribution >= 4 is 44.6 Å². The van der Waals surface area contributed by atoms with Crippen molar-refractivity contribution in [1.82, 2.24) is 14.5 Å². The van der Waals surface area contributed by atoms with Gasteiger partial charge in [-0.15, -0.1) is 10.2 Å². The van der Waals surface area contributed by atoms with E-state index in [9.17, 15) is 13.2 Å². The van der Waals surface area contributed by atoms with Crippen molar-refractivity contribution in [3.63, 3.8) is 0 Å². The second kappa shape index (κ2) is 9.66. The number of sulfonamides is 1. The summed E-state index contributed by atoms with van der Waals surface area (Å²) in [6, 6.07) is 13.8. The van der Waals surface area contributed by atoms with Gasteiger partial charge in [0.2, 0.25) is 15.0 Å². The molecule has 1 aromatic heterocycles. The Labute approximate surface area is 196 Å². The molecule has 1 aliphatic heterocycles. The first-order chi connectivity index (χ1) is 15.4. The summed E-state index contributed by atoms with van der Waals surface area (Å²) in [4.78, 5) is 12.8. The molecular formula is C22H23ClN4O3S2. The fourth-order valence-corrected chi connectivity index (χ4v) is 6.13. The number of rotatable bonds is 6. The third-order valence-electron chi connectivity index (χ3n) is 5.44. The van der Waals surface area contributed by atoms with Gasteiger partial charge in [-0.1, -0.05) is 42.0 Å². The maximum absolute atomic E-state index is 13.1. The van der Waals surface area contributed by atoms with Crippen molar-refractivity contribution in [3.05, 3.63) is 69.1 Å². The Balaban J connectivity index is 1.46. The van der Waals surface area contributed by atoms with Gasteiger partial charge in [-0.3, -0.25) is 4.79 Å². The lowest BCUT2D eigenvalue weighted by Crippen LogP contribution is -2.39. The number of halogens is 1. The molecule has 1 amide bonds. The summed E-state index contributed by atoms with van der Waals surface area (Å²) >= 11 is 7.07. The Bertz CT molecular complexity index is 1190. The number of nitrogens with one attached hydrogen (secondary N) is 1. The first kappa shape index (κ1) is 22.8. The summed E-state index contributed by atoms with van der Waals surface area (Å²) in [6.45, 7) is 2.83. The highest BCUT2D eigenvalue weighted by Gasteiger charge is 2.32. The molecule has 0 radical (unpaired) electrons. The summed E-state index contributed by atoms with van der Waals surface area (Å²) in [6.07, 6.45) is 2.38. The second-order valence-electron chi connectivity index (χ2n) is 7.61. The molecule has 1 saturated heterocycles. The van der Waals surface area contributed by atoms with Gasteiger partial charge in [0, 0.05) is 29.7 Å². The molecule has 1 aliphatic rings. The molecule has 0 saturated carbocycles. The van der Waals surface area contributed by atoms with Crippen LogP contribution in [-0.4, -0.2) is 41.9 Å². The third kappa shape index (κ3) is 5.01. The lowest BCUT2D eigenvalue weighted by atomic mass is 10.0. The van der Waals surface area contributed by atoms with Crippen molar-refractivity contribution in [1.29, 1.82) is 0 Å². The zero-order valence-electron chi connectivity index (χ0n) is 17.5. The average molecular weight is 491 g/mol. The molecule has 1 atom stereocenters. The topological polar surface area (TPSA) is 92.3 Å². The first-order valence-electron chi connectivity index (χ1n) is 10.4. The van der Waals surface area contributed by atoms with Crippen LogP contribution in [0.15, 0.2) is 53.4 Å². The average Bonchev–Trinajstić information content (AvgIpc) is 3.31. The van der Waals surface area contributed by atoms with E-state index in [-0.39, 0.29) is 16.8 Å². The molecule has 1 unspecified atom stereocenters. The molecule has 168 valence electrons. The predicted octanol–water partition coefficient (Wildman–Crippen LogP) is 4.57. The molecule has 0 bridgehead atoms. The van der Waals surface area contributed by atoms with Gasteiger partial charge < -0.3 is 5.32 Å². The maximum Gasteiger partial charge on any atom is 0.286 e. The van der Waals surface area contributed by atoms with Crippen molar-refractivity contribution in [2.75, 3.05) is 18.4 Å². The summed E-state index contributed by atoms with van der Waals surface area (Å²) < 4.78 is 27.8. The quantitative estimate of drug-likeness (QED) is 0.546. The number of carbonyl (C=O) groups excluding carboxylic acids is 1. The fourth-order valence-electron chi connectivity index (χ4n) is 3.62. The second-order valence-corrected chi connectivity index (χ2v) is 11.0. The van der Waals surface area contributed by atoms with E-state index in [1.165, 1.54) is 15.6 Å². The minimum atomic E-state index is -3.58. The zero-order valence-corrected chi connectivity index (χ0v) is 19.9. The number of carbonyl (C=O) groups is 1. The third-order valence-corrected chi connectivity index (χ3v) is 8.66. The van der Waals surface area contributed by atoms with Gasteiger partial charge in [-0.25, -0.2) is 8.42 Å². The fraction of sp³-hybridized carbons (Fsp3) is 0.318. The van der Waals surface area contributed by atoms with E-state index in [1.54, 1.807) is 36.4 Å². The Morgan fingerprint density at radius 2 is 1.88 bits per heavy atom. The van der Waals surface area contributed by atoms with Crippen LogP contribution < -0.4 is 5.32 Å². The van der Waals surface area contributed by atoms with Gasteiger partial charge in [-0.2, -0.15) is 4.31 Å². The maximum atomic E-state index is 13.1. The SMILES string of the molecule is CCc1ccc(S(=O)(=O)N2CCCC(c3nnc(C(=O)Nc4ccc(Cl)cc4)s3)C2)cc1. The number of amides is 1. The molecule has 4 rings (SSSR count). The number of nitrogens with zero attached hydrogens (tertiary/aromatic N) is 3. The Morgan fingerprint density at radius 1 is 1.16 bits per heavy atom. The molecule has 0 aliphatic carbocycles. The van der Waals surface area contributed by atoms with Gasteiger partial charge in [0.05, 0.1) is 4.90 Å². The minimum Gasteiger partial charge on any atom is -0.320 e. The number of anilines is 1. The van der Waals surface area contributed by atoms with Crippen LogP contribution in [0.2, 0.25) is 5.02 Å². The lowest BCUT2D eigenvalue weighted by Gasteiger charge is -2.30. The molecular weight excluding hydrogens is 468 g/mol. The van der Waals surface area contributed by atoms with Crippen LogP contribution in [0, 0.1) is 0 Å². The smallest absolute Gasteiger partial charge is 0.286 e. The zero-order chi connectivity index (χ0) is 22.7. The van der Waals surface area contributed by atoms with Crippen molar-refractivity contribution < 1.29 is 13.2 Å². The monoisotopic (exact) mass is 490 g/mol. The molecule has 0 spiro atoms. The Kier molecular flexibility index (Phi) is 6.90. The van der Waals surface area contributed by atoms with Crippen LogP contribution in [0.3, 0.4) is 0 Å². The van der Waals surface area contributed by atoms with E-state index < -0.39 is 10.0 Å². The predicted molar refractivity (Wildman–Crippen MR) is 126 cm³/mol. The van der Waals surface area contributed by atoms with Crippen LogP contribution in [0.4, 0.5) is 5.69 Å². The summed E-state index contributed by atoms with van der Waals surface area (Å²) in [5, 5.41) is 12.5. The Hall–Kier alpha value is -2.33. The van der Waals surface area contributed by atoms with Crippen molar-refractivity contribution in [3.8, 4) is 0 Å². The molecule has 3 aromatic rings. The number of aromatic nitrogens is 2. The number of benzene rings is 2. The van der Waals surface area contributed by atoms with Gasteiger partial charge in [0.25, 0.3) is 5.91 Å². The highest BCUT2D eigenvalue weighted by atomic mass is 35.5. The van der Waals surface area contributed by atoms with E-state index in [4.69, 9.17) is 11.6 Å². The molecule has 2 aromatic carbocycles. The molecule has 7 nitrogen and oxygen atoms in total. The van der Waals surface area contributed by atoms with Crippen LogP contribution >= 0.6 is 22.9 Å². The van der Waals surface area contributed by atoms with Gasteiger partial charge >= 0.3 is 0 Å². The largest absolute Gasteiger partial charge is 0.320 e. The summed E-state index contributed by atoms with van der Waals surface area (Å²) in [7, 11) is -3.58. The van der Waals surface area contributed by atoms with E-state index >= 15 is 0 Å². The first-order valence-corrected chi connectivity index (χ1v) is 13.0. The molecule has 1 N–H and O–H groups in total. The van der Waals surface area contributed by atoms with Gasteiger partial charge in [0.15, 0.2) is 0 Å². The number of aryl methyl sites for hydroxylation is 1. The highest BCUT2D eigenvalue weighted by molar-refractivity contribution is 7.89. The minimum absolute atomic E-state index is 0.0944. The van der Waals surface area contributed by atoms with Crippen LogP contribution in [0.5, 0.6) is 0 Å². The van der Waals surface area contributed by atoms with E-state index in [1.807, 2.05) is 19.1 Å². The van der Waals surface area contributed by atoms with E-state index in [2.05, 4.69) is 15.5 Å². The standard InChI is InChI=1S/C22H23ClN4O3S2/c1-2-15-5-11-19(12-6-15)32(29,30)27-13-3-4-16(14-27)21-25-26-22(31-21)20(28)24-18-9-7-17(23)8-10-18/h5-12,16H,2-4,13-14H2,1H3,(H,24,28). The van der Waals surface area contributed by atoms with E-state index in [0.717, 1.165) is 24.8 Å². The van der Waals surface area contributed by atoms with Crippen molar-refractivity contribution in [2.24, 2.45) is 0 Å². The normalized spacial score (nSPS) is 17.2.